The largest absolute Gasteiger partial charge is 0.127 e. The normalized spacial score (nSPS) is 11.3. The Hall–Kier alpha value is -3.20. The highest BCUT2D eigenvalue weighted by atomic mass is 79.9. The van der Waals surface area contributed by atoms with Crippen LogP contribution in [0.5, 0.6) is 0 Å². The van der Waals surface area contributed by atoms with Crippen molar-refractivity contribution < 1.29 is 0 Å². The molecule has 32 heavy (non-hydrogen) atoms. The number of benzene rings is 5. The predicted molar refractivity (Wildman–Crippen MR) is 143 cm³/mol. The van der Waals surface area contributed by atoms with Crippen LogP contribution in [0.1, 0.15) is 0 Å². The standard InChI is InChI=1S/C30H19BrS/c31-30-28(21-13-5-2-6-14-21)27(20-11-3-1-4-12-20)29(32-30)26-19-22-15-7-8-16-23(22)24-17-9-10-18-25(24)26/h1-19H. The van der Waals surface area contributed by atoms with E-state index in [4.69, 9.17) is 0 Å². The Morgan fingerprint density at radius 3 is 1.72 bits per heavy atom. The zero-order valence-corrected chi connectivity index (χ0v) is 19.7. The number of thiophene rings is 1. The molecular weight excluding hydrogens is 472 g/mol. The number of halogens is 1. The van der Waals surface area contributed by atoms with Crippen molar-refractivity contribution in [3.05, 3.63) is 119 Å². The highest BCUT2D eigenvalue weighted by Gasteiger charge is 2.22. The van der Waals surface area contributed by atoms with Crippen LogP contribution < -0.4 is 0 Å². The van der Waals surface area contributed by atoms with E-state index in [1.807, 2.05) is 11.3 Å². The summed E-state index contributed by atoms with van der Waals surface area (Å²) in [6.45, 7) is 0. The Morgan fingerprint density at radius 2 is 1.03 bits per heavy atom. The molecule has 0 spiro atoms. The van der Waals surface area contributed by atoms with Crippen molar-refractivity contribution in [1.82, 2.24) is 0 Å². The van der Waals surface area contributed by atoms with Crippen LogP contribution >= 0.6 is 27.3 Å². The molecule has 0 saturated heterocycles. The van der Waals surface area contributed by atoms with Gasteiger partial charge in [-0.15, -0.1) is 11.3 Å². The molecule has 1 heterocycles. The van der Waals surface area contributed by atoms with Crippen LogP contribution in [0.4, 0.5) is 0 Å². The molecule has 152 valence electrons. The van der Waals surface area contributed by atoms with Gasteiger partial charge >= 0.3 is 0 Å². The van der Waals surface area contributed by atoms with Crippen molar-refractivity contribution in [2.24, 2.45) is 0 Å². The van der Waals surface area contributed by atoms with Crippen LogP contribution in [0.3, 0.4) is 0 Å². The maximum Gasteiger partial charge on any atom is 0.0789 e. The van der Waals surface area contributed by atoms with Gasteiger partial charge in [0.15, 0.2) is 0 Å². The smallest absolute Gasteiger partial charge is 0.0789 e. The topological polar surface area (TPSA) is 0 Å². The molecule has 0 fully saturated rings. The fourth-order valence-electron chi connectivity index (χ4n) is 4.58. The number of hydrogen-bond donors (Lipinski definition) is 0. The fraction of sp³-hybridized carbons (Fsp3) is 0. The minimum atomic E-state index is 1.16. The van der Waals surface area contributed by atoms with Gasteiger partial charge in [0, 0.05) is 21.6 Å². The number of fused-ring (bicyclic) bond motifs is 3. The highest BCUT2D eigenvalue weighted by molar-refractivity contribution is 9.11. The first-order valence-electron chi connectivity index (χ1n) is 10.7. The summed E-state index contributed by atoms with van der Waals surface area (Å²) in [6.07, 6.45) is 0. The Balaban J connectivity index is 1.75. The van der Waals surface area contributed by atoms with Crippen molar-refractivity contribution in [2.75, 3.05) is 0 Å². The maximum atomic E-state index is 3.93. The van der Waals surface area contributed by atoms with Crippen LogP contribution in [0.2, 0.25) is 0 Å². The molecule has 0 bridgehead atoms. The first-order valence-corrected chi connectivity index (χ1v) is 12.3. The van der Waals surface area contributed by atoms with Crippen molar-refractivity contribution in [1.29, 1.82) is 0 Å². The molecule has 0 aliphatic heterocycles. The van der Waals surface area contributed by atoms with Crippen LogP contribution in [0.15, 0.2) is 119 Å². The van der Waals surface area contributed by atoms with Crippen molar-refractivity contribution in [3.63, 3.8) is 0 Å². The molecule has 0 amide bonds. The molecule has 0 unspecified atom stereocenters. The number of rotatable bonds is 3. The summed E-state index contributed by atoms with van der Waals surface area (Å²) in [5.41, 5.74) is 6.29. The van der Waals surface area contributed by atoms with E-state index in [0.717, 1.165) is 3.79 Å². The van der Waals surface area contributed by atoms with E-state index in [9.17, 15) is 0 Å². The predicted octanol–water partition coefficient (Wildman–Crippen LogP) is 9.82. The van der Waals surface area contributed by atoms with Crippen molar-refractivity contribution in [2.45, 2.75) is 0 Å². The highest BCUT2D eigenvalue weighted by Crippen LogP contribution is 2.52. The second-order valence-electron chi connectivity index (χ2n) is 7.88. The maximum absolute atomic E-state index is 3.93. The quantitative estimate of drug-likeness (QED) is 0.216. The Morgan fingerprint density at radius 1 is 0.500 bits per heavy atom. The summed E-state index contributed by atoms with van der Waals surface area (Å²) < 4.78 is 1.16. The second kappa shape index (κ2) is 8.05. The Bertz CT molecular complexity index is 1560. The van der Waals surface area contributed by atoms with Crippen molar-refractivity contribution in [3.8, 4) is 32.7 Å². The lowest BCUT2D eigenvalue weighted by molar-refractivity contribution is 1.62. The lowest BCUT2D eigenvalue weighted by Gasteiger charge is -2.13. The van der Waals surface area contributed by atoms with E-state index in [0.29, 0.717) is 0 Å². The van der Waals surface area contributed by atoms with E-state index in [2.05, 4.69) is 131 Å². The molecule has 0 nitrogen and oxygen atoms in total. The summed E-state index contributed by atoms with van der Waals surface area (Å²) >= 11 is 5.76. The molecule has 1 aromatic heterocycles. The molecule has 0 N–H and O–H groups in total. The van der Waals surface area contributed by atoms with Crippen LogP contribution in [0, 0.1) is 0 Å². The van der Waals surface area contributed by atoms with Gasteiger partial charge in [-0.25, -0.2) is 0 Å². The van der Waals surface area contributed by atoms with Gasteiger partial charge in [0.25, 0.3) is 0 Å². The van der Waals surface area contributed by atoms with Crippen LogP contribution in [0.25, 0.3) is 54.2 Å². The zero-order valence-electron chi connectivity index (χ0n) is 17.3. The number of hydrogen-bond acceptors (Lipinski definition) is 1. The SMILES string of the molecule is Brc1sc(-c2cc3ccccc3c3ccccc23)c(-c2ccccc2)c1-c1ccccc1. The lowest BCUT2D eigenvalue weighted by Crippen LogP contribution is -1.87. The first kappa shape index (κ1) is 19.5. The molecule has 0 saturated carbocycles. The first-order chi connectivity index (χ1) is 15.8. The molecule has 6 aromatic rings. The molecule has 0 aliphatic carbocycles. The lowest BCUT2D eigenvalue weighted by atomic mass is 9.91. The molecule has 0 radical (unpaired) electrons. The average molecular weight is 491 g/mol. The van der Waals surface area contributed by atoms with E-state index in [1.54, 1.807) is 0 Å². The third-order valence-corrected chi connectivity index (χ3v) is 7.90. The van der Waals surface area contributed by atoms with Gasteiger partial charge in [0.05, 0.1) is 3.79 Å². The Labute approximate surface area is 199 Å². The van der Waals surface area contributed by atoms with E-state index in [1.165, 1.54) is 54.2 Å². The van der Waals surface area contributed by atoms with E-state index >= 15 is 0 Å². The van der Waals surface area contributed by atoms with E-state index in [-0.39, 0.29) is 0 Å². The molecular formula is C30H19BrS. The fourth-order valence-corrected chi connectivity index (χ4v) is 6.59. The van der Waals surface area contributed by atoms with Gasteiger partial charge in [-0.05, 0) is 54.7 Å². The monoisotopic (exact) mass is 490 g/mol. The average Bonchev–Trinajstić information content (AvgIpc) is 3.21. The van der Waals surface area contributed by atoms with Gasteiger partial charge in [-0.1, -0.05) is 109 Å². The van der Waals surface area contributed by atoms with Crippen LogP contribution in [-0.4, -0.2) is 0 Å². The minimum absolute atomic E-state index is 1.16. The van der Waals surface area contributed by atoms with Gasteiger partial charge < -0.3 is 0 Å². The van der Waals surface area contributed by atoms with Gasteiger partial charge in [0.2, 0.25) is 0 Å². The second-order valence-corrected chi connectivity index (χ2v) is 10.2. The van der Waals surface area contributed by atoms with Crippen molar-refractivity contribution >= 4 is 48.8 Å². The Kier molecular flexibility index (Phi) is 4.90. The van der Waals surface area contributed by atoms with Gasteiger partial charge in [-0.2, -0.15) is 0 Å². The minimum Gasteiger partial charge on any atom is -0.127 e. The third-order valence-electron chi connectivity index (χ3n) is 6.00. The summed E-state index contributed by atoms with van der Waals surface area (Å²) in [5.74, 6) is 0. The third kappa shape index (κ3) is 3.19. The molecule has 2 heteroatoms. The van der Waals surface area contributed by atoms with Crippen LogP contribution in [-0.2, 0) is 0 Å². The molecule has 0 atom stereocenters. The van der Waals surface area contributed by atoms with E-state index < -0.39 is 0 Å². The molecule has 0 aliphatic rings. The summed E-state index contributed by atoms with van der Waals surface area (Å²) in [5, 5.41) is 5.15. The molecule has 6 rings (SSSR count). The summed E-state index contributed by atoms with van der Waals surface area (Å²) in [7, 11) is 0. The van der Waals surface area contributed by atoms with Gasteiger partial charge in [0.1, 0.15) is 0 Å². The van der Waals surface area contributed by atoms with Gasteiger partial charge in [-0.3, -0.25) is 0 Å². The summed E-state index contributed by atoms with van der Waals surface area (Å²) in [4.78, 5) is 1.30. The zero-order chi connectivity index (χ0) is 21.5. The molecule has 5 aromatic carbocycles. The summed E-state index contributed by atoms with van der Waals surface area (Å²) in [6, 6.07) is 41.3.